The highest BCUT2D eigenvalue weighted by Gasteiger charge is 2.20. The molecule has 7 heteroatoms. The maximum absolute atomic E-state index is 12.6. The summed E-state index contributed by atoms with van der Waals surface area (Å²) in [6, 6.07) is 12.6. The highest BCUT2D eigenvalue weighted by Crippen LogP contribution is 2.25. The lowest BCUT2D eigenvalue weighted by atomic mass is 10.1. The van der Waals surface area contributed by atoms with Gasteiger partial charge in [0.05, 0.1) is 17.8 Å². The Morgan fingerprint density at radius 3 is 2.43 bits per heavy atom. The SMILES string of the molecule is Cc1ccc(Cn2nc(C)c(C(=O)NCCc3ccc(O)c(O)c3)c2Cl)cc1. The first-order valence-corrected chi connectivity index (χ1v) is 9.30. The van der Waals surface area contributed by atoms with Crippen molar-refractivity contribution in [3.05, 3.63) is 75.6 Å². The lowest BCUT2D eigenvalue weighted by Gasteiger charge is -2.07. The Balaban J connectivity index is 1.65. The second kappa shape index (κ2) is 8.35. The quantitative estimate of drug-likeness (QED) is 0.553. The number of phenols is 2. The van der Waals surface area contributed by atoms with Gasteiger partial charge in [0.25, 0.3) is 5.91 Å². The molecule has 3 N–H and O–H groups in total. The van der Waals surface area contributed by atoms with Gasteiger partial charge in [0.2, 0.25) is 0 Å². The van der Waals surface area contributed by atoms with E-state index >= 15 is 0 Å². The number of aromatic hydroxyl groups is 2. The van der Waals surface area contributed by atoms with E-state index in [4.69, 9.17) is 11.6 Å². The summed E-state index contributed by atoms with van der Waals surface area (Å²) in [5.41, 5.74) is 3.95. The molecule has 0 saturated heterocycles. The van der Waals surface area contributed by atoms with Crippen LogP contribution in [0.25, 0.3) is 0 Å². The van der Waals surface area contributed by atoms with E-state index in [2.05, 4.69) is 10.4 Å². The van der Waals surface area contributed by atoms with E-state index in [-0.39, 0.29) is 17.4 Å². The Bertz CT molecular complexity index is 997. The Morgan fingerprint density at radius 1 is 1.07 bits per heavy atom. The summed E-state index contributed by atoms with van der Waals surface area (Å²) in [7, 11) is 0. The molecule has 146 valence electrons. The second-order valence-corrected chi connectivity index (χ2v) is 7.08. The van der Waals surface area contributed by atoms with Crippen LogP contribution in [0.1, 0.15) is 32.7 Å². The Kier molecular flexibility index (Phi) is 5.90. The molecule has 0 spiro atoms. The van der Waals surface area contributed by atoms with Crippen LogP contribution < -0.4 is 5.32 Å². The van der Waals surface area contributed by atoms with Crippen LogP contribution in [0.2, 0.25) is 5.15 Å². The highest BCUT2D eigenvalue weighted by atomic mass is 35.5. The molecular weight excluding hydrogens is 378 g/mol. The van der Waals surface area contributed by atoms with E-state index < -0.39 is 0 Å². The molecule has 3 rings (SSSR count). The van der Waals surface area contributed by atoms with E-state index in [1.165, 1.54) is 17.7 Å². The first kappa shape index (κ1) is 19.8. The lowest BCUT2D eigenvalue weighted by Crippen LogP contribution is -2.26. The fraction of sp³-hybridized carbons (Fsp3) is 0.238. The third-order valence-electron chi connectivity index (χ3n) is 4.48. The van der Waals surface area contributed by atoms with Crippen molar-refractivity contribution in [1.82, 2.24) is 15.1 Å². The van der Waals surface area contributed by atoms with E-state index in [1.54, 1.807) is 17.7 Å². The molecule has 0 unspecified atom stereocenters. The molecule has 0 bridgehead atoms. The summed E-state index contributed by atoms with van der Waals surface area (Å²) < 4.78 is 1.62. The minimum Gasteiger partial charge on any atom is -0.504 e. The minimum absolute atomic E-state index is 0.170. The first-order valence-electron chi connectivity index (χ1n) is 8.92. The number of rotatable bonds is 6. The zero-order chi connectivity index (χ0) is 20.3. The number of hydrogen-bond donors (Lipinski definition) is 3. The van der Waals surface area contributed by atoms with E-state index in [9.17, 15) is 15.0 Å². The van der Waals surface area contributed by atoms with Crippen molar-refractivity contribution in [3.8, 4) is 11.5 Å². The molecule has 0 aliphatic rings. The van der Waals surface area contributed by atoms with Crippen LogP contribution in [0.4, 0.5) is 0 Å². The van der Waals surface area contributed by atoms with Crippen molar-refractivity contribution in [3.63, 3.8) is 0 Å². The number of aromatic nitrogens is 2. The van der Waals surface area contributed by atoms with Gasteiger partial charge < -0.3 is 15.5 Å². The van der Waals surface area contributed by atoms with Crippen molar-refractivity contribution in [2.24, 2.45) is 0 Å². The topological polar surface area (TPSA) is 87.4 Å². The van der Waals surface area contributed by atoms with Gasteiger partial charge in [-0.2, -0.15) is 5.10 Å². The predicted octanol–water partition coefficient (Wildman–Crippen LogP) is 3.59. The Labute approximate surface area is 168 Å². The molecule has 1 aromatic heterocycles. The number of aryl methyl sites for hydroxylation is 2. The zero-order valence-corrected chi connectivity index (χ0v) is 16.5. The summed E-state index contributed by atoms with van der Waals surface area (Å²) in [5.74, 6) is -0.642. The summed E-state index contributed by atoms with van der Waals surface area (Å²) in [5, 5.41) is 26.4. The van der Waals surface area contributed by atoms with Crippen LogP contribution >= 0.6 is 11.6 Å². The van der Waals surface area contributed by atoms with Gasteiger partial charge >= 0.3 is 0 Å². The number of carbonyl (C=O) groups excluding carboxylic acids is 1. The van der Waals surface area contributed by atoms with E-state index in [1.807, 2.05) is 31.2 Å². The number of nitrogens with one attached hydrogen (secondary N) is 1. The molecule has 28 heavy (non-hydrogen) atoms. The highest BCUT2D eigenvalue weighted by molar-refractivity contribution is 6.33. The molecule has 0 atom stereocenters. The van der Waals surface area contributed by atoms with E-state index in [0.717, 1.165) is 11.1 Å². The third-order valence-corrected chi connectivity index (χ3v) is 4.87. The van der Waals surface area contributed by atoms with Gasteiger partial charge in [-0.15, -0.1) is 0 Å². The summed E-state index contributed by atoms with van der Waals surface area (Å²) in [6.45, 7) is 4.63. The van der Waals surface area contributed by atoms with Gasteiger partial charge in [-0.3, -0.25) is 4.79 Å². The van der Waals surface area contributed by atoms with Crippen molar-refractivity contribution >= 4 is 17.5 Å². The van der Waals surface area contributed by atoms with Crippen molar-refractivity contribution < 1.29 is 15.0 Å². The van der Waals surface area contributed by atoms with Crippen LogP contribution in [0.3, 0.4) is 0 Å². The molecule has 0 radical (unpaired) electrons. The van der Waals surface area contributed by atoms with Crippen LogP contribution in [0.5, 0.6) is 11.5 Å². The summed E-state index contributed by atoms with van der Waals surface area (Å²) in [4.78, 5) is 12.6. The first-order chi connectivity index (χ1) is 13.3. The fourth-order valence-electron chi connectivity index (χ4n) is 2.92. The van der Waals surface area contributed by atoms with Crippen LogP contribution in [0, 0.1) is 13.8 Å². The lowest BCUT2D eigenvalue weighted by molar-refractivity contribution is 0.0953. The molecule has 0 fully saturated rings. The van der Waals surface area contributed by atoms with Crippen molar-refractivity contribution in [1.29, 1.82) is 0 Å². The second-order valence-electron chi connectivity index (χ2n) is 6.72. The molecule has 6 nitrogen and oxygen atoms in total. The summed E-state index contributed by atoms with van der Waals surface area (Å²) in [6.07, 6.45) is 0.508. The largest absolute Gasteiger partial charge is 0.504 e. The monoisotopic (exact) mass is 399 g/mol. The average Bonchev–Trinajstić information content (AvgIpc) is 2.93. The minimum atomic E-state index is -0.291. The van der Waals surface area contributed by atoms with Gasteiger partial charge in [0, 0.05) is 6.54 Å². The molecule has 1 heterocycles. The number of amides is 1. The van der Waals surface area contributed by atoms with Crippen LogP contribution in [-0.4, -0.2) is 32.4 Å². The fourth-order valence-corrected chi connectivity index (χ4v) is 3.24. The third kappa shape index (κ3) is 4.46. The number of phenolic OH excluding ortho intramolecular Hbond substituents is 2. The average molecular weight is 400 g/mol. The molecule has 3 aromatic rings. The molecule has 0 saturated carbocycles. The Hall–Kier alpha value is -2.99. The normalized spacial score (nSPS) is 10.8. The smallest absolute Gasteiger partial charge is 0.256 e. The van der Waals surface area contributed by atoms with Crippen molar-refractivity contribution in [2.75, 3.05) is 6.54 Å². The van der Waals surface area contributed by atoms with Gasteiger partial charge in [-0.1, -0.05) is 47.5 Å². The van der Waals surface area contributed by atoms with Gasteiger partial charge in [0.1, 0.15) is 5.15 Å². The maximum Gasteiger partial charge on any atom is 0.256 e. The van der Waals surface area contributed by atoms with Gasteiger partial charge in [0.15, 0.2) is 11.5 Å². The van der Waals surface area contributed by atoms with Crippen LogP contribution in [-0.2, 0) is 13.0 Å². The molecule has 0 aliphatic carbocycles. The number of benzene rings is 2. The van der Waals surface area contributed by atoms with E-state index in [0.29, 0.717) is 35.9 Å². The van der Waals surface area contributed by atoms with Gasteiger partial charge in [-0.05, 0) is 43.5 Å². The number of nitrogens with zero attached hydrogens (tertiary/aromatic N) is 2. The Morgan fingerprint density at radius 2 is 1.75 bits per heavy atom. The zero-order valence-electron chi connectivity index (χ0n) is 15.7. The van der Waals surface area contributed by atoms with Crippen molar-refractivity contribution in [2.45, 2.75) is 26.8 Å². The van der Waals surface area contributed by atoms with Crippen LogP contribution in [0.15, 0.2) is 42.5 Å². The number of halogens is 1. The van der Waals surface area contributed by atoms with Gasteiger partial charge in [-0.25, -0.2) is 4.68 Å². The summed E-state index contributed by atoms with van der Waals surface area (Å²) >= 11 is 6.42. The number of hydrogen-bond acceptors (Lipinski definition) is 4. The molecule has 1 amide bonds. The maximum atomic E-state index is 12.6. The number of carbonyl (C=O) groups is 1. The standard InChI is InChI=1S/C21H22ClN3O3/c1-13-3-5-16(6-4-13)12-25-20(22)19(14(2)24-25)21(28)23-10-9-15-7-8-17(26)18(27)11-15/h3-8,11,26-27H,9-10,12H2,1-2H3,(H,23,28). The molecule has 2 aromatic carbocycles. The predicted molar refractivity (Wildman–Crippen MR) is 108 cm³/mol. The molecular formula is C21H22ClN3O3. The molecule has 0 aliphatic heterocycles.